The summed E-state index contributed by atoms with van der Waals surface area (Å²) in [5, 5.41) is 5.59. The number of aromatic nitrogens is 3. The average molecular weight is 419 g/mol. The number of carbonyl (C=O) groups excluding carboxylic acids is 1. The van der Waals surface area contributed by atoms with Crippen molar-refractivity contribution in [2.45, 2.75) is 40.3 Å². The minimum Gasteiger partial charge on any atom is -0.332 e. The predicted octanol–water partition coefficient (Wildman–Crippen LogP) is 5.30. The van der Waals surface area contributed by atoms with E-state index in [4.69, 9.17) is 4.98 Å². The lowest BCUT2D eigenvalue weighted by Gasteiger charge is -2.23. The summed E-state index contributed by atoms with van der Waals surface area (Å²) in [6.07, 6.45) is 0. The molecular formula is C24H26N4OS. The number of fused-ring (bicyclic) bond motifs is 1. The van der Waals surface area contributed by atoms with Gasteiger partial charge in [-0.05, 0) is 45.4 Å². The van der Waals surface area contributed by atoms with Crippen LogP contribution in [0.3, 0.4) is 0 Å². The monoisotopic (exact) mass is 418 g/mol. The van der Waals surface area contributed by atoms with Gasteiger partial charge >= 0.3 is 0 Å². The van der Waals surface area contributed by atoms with E-state index in [1.54, 1.807) is 16.2 Å². The van der Waals surface area contributed by atoms with Crippen LogP contribution in [0.15, 0.2) is 48.5 Å². The molecule has 30 heavy (non-hydrogen) atoms. The maximum absolute atomic E-state index is 13.4. The van der Waals surface area contributed by atoms with Crippen LogP contribution in [0.1, 0.15) is 50.8 Å². The van der Waals surface area contributed by atoms with Crippen molar-refractivity contribution < 1.29 is 4.79 Å². The van der Waals surface area contributed by atoms with Crippen LogP contribution in [0.25, 0.3) is 10.2 Å². The Morgan fingerprint density at radius 3 is 2.50 bits per heavy atom. The Balaban J connectivity index is 1.58. The van der Waals surface area contributed by atoms with Crippen LogP contribution in [0.5, 0.6) is 0 Å². The highest BCUT2D eigenvalue weighted by atomic mass is 32.1. The summed E-state index contributed by atoms with van der Waals surface area (Å²) in [4.78, 5) is 19.9. The van der Waals surface area contributed by atoms with Gasteiger partial charge in [0.25, 0.3) is 5.91 Å². The molecule has 0 aliphatic carbocycles. The van der Waals surface area contributed by atoms with Crippen LogP contribution in [-0.4, -0.2) is 32.6 Å². The maximum Gasteiger partial charge on any atom is 0.257 e. The highest BCUT2D eigenvalue weighted by molar-refractivity contribution is 7.18. The first-order valence-corrected chi connectivity index (χ1v) is 10.9. The van der Waals surface area contributed by atoms with Gasteiger partial charge in [0.1, 0.15) is 5.01 Å². The van der Waals surface area contributed by atoms with Gasteiger partial charge in [0.05, 0.1) is 34.1 Å². The largest absolute Gasteiger partial charge is 0.332 e. The van der Waals surface area contributed by atoms with Gasteiger partial charge in [-0.1, -0.05) is 42.0 Å². The second kappa shape index (κ2) is 8.03. The number of nitrogens with zero attached hydrogens (tertiary/aromatic N) is 4. The van der Waals surface area contributed by atoms with Crippen molar-refractivity contribution in [2.24, 2.45) is 0 Å². The Bertz CT molecular complexity index is 1170. The lowest BCUT2D eigenvalue weighted by Crippen LogP contribution is -2.30. The molecule has 2 aromatic carbocycles. The molecule has 5 nitrogen and oxygen atoms in total. The second-order valence-corrected chi connectivity index (χ2v) is 8.86. The summed E-state index contributed by atoms with van der Waals surface area (Å²) in [5.41, 5.74) is 5.70. The SMILES string of the molecule is Cc1ccc(Cn2nc(C)c(C(=O)N(C)[C@H](C)c3nc4ccccc4s3)c2C)cc1. The number of para-hydroxylation sites is 1. The lowest BCUT2D eigenvalue weighted by molar-refractivity contribution is 0.0741. The lowest BCUT2D eigenvalue weighted by atomic mass is 10.1. The van der Waals surface area contributed by atoms with Crippen LogP contribution in [0.4, 0.5) is 0 Å². The molecule has 0 saturated carbocycles. The molecule has 2 aromatic heterocycles. The average Bonchev–Trinajstić information content (AvgIpc) is 3.29. The van der Waals surface area contributed by atoms with E-state index >= 15 is 0 Å². The number of thiazole rings is 1. The minimum atomic E-state index is -0.117. The van der Waals surface area contributed by atoms with Gasteiger partial charge in [0.15, 0.2) is 0 Å². The van der Waals surface area contributed by atoms with E-state index in [-0.39, 0.29) is 11.9 Å². The highest BCUT2D eigenvalue weighted by Gasteiger charge is 2.26. The van der Waals surface area contributed by atoms with Crippen LogP contribution in [0, 0.1) is 20.8 Å². The summed E-state index contributed by atoms with van der Waals surface area (Å²) in [5.74, 6) is -0.0214. The normalized spacial score (nSPS) is 12.3. The molecule has 4 rings (SSSR count). The van der Waals surface area contributed by atoms with E-state index in [9.17, 15) is 4.79 Å². The standard InChI is InChI=1S/C24H26N4OS/c1-15-10-12-19(13-11-15)14-28-17(3)22(16(2)26-28)24(29)27(5)18(4)23-25-20-8-6-7-9-21(20)30-23/h6-13,18H,14H2,1-5H3/t18-/m1/s1. The van der Waals surface area contributed by atoms with Gasteiger partial charge in [-0.2, -0.15) is 5.10 Å². The van der Waals surface area contributed by atoms with Gasteiger partial charge < -0.3 is 4.90 Å². The molecule has 2 heterocycles. The molecule has 0 aliphatic rings. The number of hydrogen-bond acceptors (Lipinski definition) is 4. The number of carbonyl (C=O) groups is 1. The first-order valence-electron chi connectivity index (χ1n) is 10.1. The molecule has 1 atom stereocenters. The topological polar surface area (TPSA) is 51.0 Å². The molecular weight excluding hydrogens is 392 g/mol. The maximum atomic E-state index is 13.4. The van der Waals surface area contributed by atoms with Gasteiger partial charge in [-0.25, -0.2) is 4.98 Å². The molecule has 6 heteroatoms. The van der Waals surface area contributed by atoms with Crippen molar-refractivity contribution in [3.05, 3.63) is 81.6 Å². The summed E-state index contributed by atoms with van der Waals surface area (Å²) in [7, 11) is 1.84. The first kappa shape index (κ1) is 20.3. The van der Waals surface area contributed by atoms with Crippen molar-refractivity contribution in [1.29, 1.82) is 0 Å². The smallest absolute Gasteiger partial charge is 0.257 e. The van der Waals surface area contributed by atoms with Gasteiger partial charge in [0, 0.05) is 12.7 Å². The Hall–Kier alpha value is -2.99. The van der Waals surface area contributed by atoms with Crippen LogP contribution in [0.2, 0.25) is 0 Å². The van der Waals surface area contributed by atoms with E-state index in [1.165, 1.54) is 11.1 Å². The fourth-order valence-corrected chi connectivity index (χ4v) is 4.68. The molecule has 0 spiro atoms. The molecule has 0 N–H and O–H groups in total. The molecule has 4 aromatic rings. The molecule has 0 aliphatic heterocycles. The Kier molecular flexibility index (Phi) is 5.43. The molecule has 0 bridgehead atoms. The second-order valence-electron chi connectivity index (χ2n) is 7.80. The van der Waals surface area contributed by atoms with E-state index in [1.807, 2.05) is 50.7 Å². The third kappa shape index (κ3) is 3.75. The van der Waals surface area contributed by atoms with Crippen molar-refractivity contribution in [2.75, 3.05) is 7.05 Å². The van der Waals surface area contributed by atoms with Crippen LogP contribution < -0.4 is 0 Å². The fraction of sp³-hybridized carbons (Fsp3) is 0.292. The van der Waals surface area contributed by atoms with Gasteiger partial charge in [-0.15, -0.1) is 11.3 Å². The number of rotatable bonds is 5. The third-order valence-electron chi connectivity index (χ3n) is 5.62. The molecule has 0 saturated heterocycles. The third-order valence-corrected chi connectivity index (χ3v) is 6.82. The van der Waals surface area contributed by atoms with Crippen LogP contribution in [-0.2, 0) is 6.54 Å². The molecule has 0 fully saturated rings. The summed E-state index contributed by atoms with van der Waals surface area (Å²) in [6, 6.07) is 16.4. The van der Waals surface area contributed by atoms with Crippen molar-refractivity contribution in [3.63, 3.8) is 0 Å². The Labute approximate surface area is 181 Å². The van der Waals surface area contributed by atoms with E-state index in [0.29, 0.717) is 12.1 Å². The summed E-state index contributed by atoms with van der Waals surface area (Å²) < 4.78 is 3.06. The van der Waals surface area contributed by atoms with Crippen molar-refractivity contribution in [3.8, 4) is 0 Å². The number of aryl methyl sites for hydroxylation is 2. The number of amides is 1. The quantitative estimate of drug-likeness (QED) is 0.442. The minimum absolute atomic E-state index is 0.0214. The number of hydrogen-bond donors (Lipinski definition) is 0. The first-order chi connectivity index (χ1) is 14.3. The Morgan fingerprint density at radius 1 is 1.10 bits per heavy atom. The summed E-state index contributed by atoms with van der Waals surface area (Å²) in [6.45, 7) is 8.63. The van der Waals surface area contributed by atoms with Gasteiger partial charge in [-0.3, -0.25) is 9.48 Å². The Morgan fingerprint density at radius 2 is 1.80 bits per heavy atom. The van der Waals surface area contributed by atoms with E-state index < -0.39 is 0 Å². The highest BCUT2D eigenvalue weighted by Crippen LogP contribution is 2.30. The van der Waals surface area contributed by atoms with Crippen molar-refractivity contribution >= 4 is 27.5 Å². The molecule has 0 unspecified atom stereocenters. The van der Waals surface area contributed by atoms with E-state index in [2.05, 4.69) is 42.4 Å². The molecule has 154 valence electrons. The molecule has 0 radical (unpaired) electrons. The van der Waals surface area contributed by atoms with E-state index in [0.717, 1.165) is 26.6 Å². The summed E-state index contributed by atoms with van der Waals surface area (Å²) >= 11 is 1.64. The fourth-order valence-electron chi connectivity index (χ4n) is 3.61. The zero-order chi connectivity index (χ0) is 21.4. The van der Waals surface area contributed by atoms with Gasteiger partial charge in [0.2, 0.25) is 0 Å². The number of benzene rings is 2. The van der Waals surface area contributed by atoms with Crippen molar-refractivity contribution in [1.82, 2.24) is 19.7 Å². The zero-order valence-electron chi connectivity index (χ0n) is 18.0. The van der Waals surface area contributed by atoms with Crippen LogP contribution >= 0.6 is 11.3 Å². The zero-order valence-corrected chi connectivity index (χ0v) is 18.8. The predicted molar refractivity (Wildman–Crippen MR) is 122 cm³/mol. The molecule has 1 amide bonds.